The minimum atomic E-state index is 0.00631. The molecule has 0 radical (unpaired) electrons. The smallest absolute Gasteiger partial charge is 0.185 e. The Balaban J connectivity index is 1.78. The molecule has 1 aromatic heterocycles. The molecule has 1 heterocycles. The summed E-state index contributed by atoms with van der Waals surface area (Å²) in [7, 11) is 1.86. The van der Waals surface area contributed by atoms with Gasteiger partial charge in [-0.25, -0.2) is 0 Å². The molecule has 2 N–H and O–H groups in total. The molecule has 3 heteroatoms. The molecule has 0 bridgehead atoms. The number of hydrogen-bond acceptors (Lipinski definition) is 2. The molecule has 0 spiro atoms. The number of carbonyl (C=O) groups excluding carboxylic acids is 1. The van der Waals surface area contributed by atoms with Crippen LogP contribution in [0.2, 0.25) is 0 Å². The van der Waals surface area contributed by atoms with Gasteiger partial charge in [0.05, 0.1) is 0 Å². The first-order valence-corrected chi connectivity index (χ1v) is 6.83. The average Bonchev–Trinajstić information content (AvgIpc) is 3.00. The van der Waals surface area contributed by atoms with Crippen LogP contribution in [0.25, 0.3) is 17.0 Å². The summed E-state index contributed by atoms with van der Waals surface area (Å²) in [6.07, 6.45) is 5.37. The van der Waals surface area contributed by atoms with E-state index in [4.69, 9.17) is 0 Å². The number of aromatic nitrogens is 1. The summed E-state index contributed by atoms with van der Waals surface area (Å²) >= 11 is 0. The third-order valence-electron chi connectivity index (χ3n) is 3.46. The predicted molar refractivity (Wildman–Crippen MR) is 87.7 cm³/mol. The van der Waals surface area contributed by atoms with Gasteiger partial charge in [-0.15, -0.1) is 0 Å². The third-order valence-corrected chi connectivity index (χ3v) is 3.46. The number of rotatable bonds is 4. The van der Waals surface area contributed by atoms with E-state index in [1.165, 1.54) is 0 Å². The van der Waals surface area contributed by atoms with Crippen LogP contribution in [0.15, 0.2) is 60.8 Å². The first-order valence-electron chi connectivity index (χ1n) is 6.83. The molecule has 0 unspecified atom stereocenters. The fourth-order valence-corrected chi connectivity index (χ4v) is 2.24. The van der Waals surface area contributed by atoms with Crippen molar-refractivity contribution >= 4 is 28.4 Å². The number of benzene rings is 2. The summed E-state index contributed by atoms with van der Waals surface area (Å²) in [6, 6.07) is 15.5. The SMILES string of the molecule is CNc1ccc(C(=O)/C=C/c2ccc3[nH]ccc3c2)cc1. The van der Waals surface area contributed by atoms with E-state index in [-0.39, 0.29) is 5.78 Å². The number of anilines is 1. The van der Waals surface area contributed by atoms with Crippen LogP contribution in [0.5, 0.6) is 0 Å². The first-order chi connectivity index (χ1) is 10.3. The van der Waals surface area contributed by atoms with E-state index >= 15 is 0 Å². The van der Waals surface area contributed by atoms with Gasteiger partial charge in [0.2, 0.25) is 0 Å². The molecule has 0 aliphatic heterocycles. The zero-order valence-corrected chi connectivity index (χ0v) is 11.8. The van der Waals surface area contributed by atoms with Crippen LogP contribution in [0.3, 0.4) is 0 Å². The van der Waals surface area contributed by atoms with E-state index in [2.05, 4.69) is 16.4 Å². The summed E-state index contributed by atoms with van der Waals surface area (Å²) in [5.41, 5.74) is 3.80. The van der Waals surface area contributed by atoms with Crippen molar-refractivity contribution < 1.29 is 4.79 Å². The van der Waals surface area contributed by atoms with Crippen molar-refractivity contribution in [2.75, 3.05) is 12.4 Å². The minimum absolute atomic E-state index is 0.00631. The van der Waals surface area contributed by atoms with Crippen LogP contribution in [0, 0.1) is 0 Å². The molecule has 3 nitrogen and oxygen atoms in total. The number of carbonyl (C=O) groups is 1. The van der Waals surface area contributed by atoms with Crippen LogP contribution >= 0.6 is 0 Å². The summed E-state index contributed by atoms with van der Waals surface area (Å²) in [5.74, 6) is 0.00631. The summed E-state index contributed by atoms with van der Waals surface area (Å²) < 4.78 is 0. The van der Waals surface area contributed by atoms with Crippen molar-refractivity contribution in [1.29, 1.82) is 0 Å². The van der Waals surface area contributed by atoms with Crippen LogP contribution < -0.4 is 5.32 Å². The second kappa shape index (κ2) is 5.67. The van der Waals surface area contributed by atoms with Gasteiger partial charge in [-0.3, -0.25) is 4.79 Å². The van der Waals surface area contributed by atoms with Crippen molar-refractivity contribution in [3.8, 4) is 0 Å². The monoisotopic (exact) mass is 276 g/mol. The Morgan fingerprint density at radius 1 is 1.10 bits per heavy atom. The molecule has 2 aromatic carbocycles. The topological polar surface area (TPSA) is 44.9 Å². The number of H-pyrrole nitrogens is 1. The van der Waals surface area contributed by atoms with E-state index in [1.807, 2.05) is 61.8 Å². The van der Waals surface area contributed by atoms with Crippen LogP contribution in [0.1, 0.15) is 15.9 Å². The largest absolute Gasteiger partial charge is 0.388 e. The van der Waals surface area contributed by atoms with E-state index in [1.54, 1.807) is 6.08 Å². The van der Waals surface area contributed by atoms with Crippen LogP contribution in [-0.4, -0.2) is 17.8 Å². The lowest BCUT2D eigenvalue weighted by Crippen LogP contribution is -1.95. The molecule has 3 rings (SSSR count). The van der Waals surface area contributed by atoms with Gasteiger partial charge >= 0.3 is 0 Å². The van der Waals surface area contributed by atoms with E-state index in [0.717, 1.165) is 22.2 Å². The number of allylic oxidation sites excluding steroid dienone is 1. The standard InChI is InChI=1S/C18H16N2O/c1-19-16-6-4-14(5-7-16)18(21)9-3-13-2-8-17-15(12-13)10-11-20-17/h2-12,19-20H,1H3/b9-3+. The molecule has 0 amide bonds. The lowest BCUT2D eigenvalue weighted by molar-refractivity contribution is 0.104. The highest BCUT2D eigenvalue weighted by molar-refractivity contribution is 6.07. The van der Waals surface area contributed by atoms with Gasteiger partial charge in [0.1, 0.15) is 0 Å². The Morgan fingerprint density at radius 3 is 2.67 bits per heavy atom. The fourth-order valence-electron chi connectivity index (χ4n) is 2.24. The maximum absolute atomic E-state index is 12.1. The Kier molecular flexibility index (Phi) is 3.56. The van der Waals surface area contributed by atoms with Gasteiger partial charge in [-0.1, -0.05) is 12.1 Å². The Bertz CT molecular complexity index is 797. The van der Waals surface area contributed by atoms with Gasteiger partial charge in [0.15, 0.2) is 5.78 Å². The molecule has 104 valence electrons. The zero-order chi connectivity index (χ0) is 14.7. The number of aromatic amines is 1. The lowest BCUT2D eigenvalue weighted by Gasteiger charge is -2.00. The van der Waals surface area contributed by atoms with Crippen molar-refractivity contribution in [1.82, 2.24) is 4.98 Å². The molecule has 0 saturated heterocycles. The Morgan fingerprint density at radius 2 is 1.90 bits per heavy atom. The minimum Gasteiger partial charge on any atom is -0.388 e. The summed E-state index contributed by atoms with van der Waals surface area (Å²) in [5, 5.41) is 4.17. The lowest BCUT2D eigenvalue weighted by atomic mass is 10.1. The van der Waals surface area contributed by atoms with Crippen molar-refractivity contribution in [3.63, 3.8) is 0 Å². The molecular formula is C18H16N2O. The predicted octanol–water partition coefficient (Wildman–Crippen LogP) is 4.11. The highest BCUT2D eigenvalue weighted by Crippen LogP contribution is 2.16. The van der Waals surface area contributed by atoms with Gasteiger partial charge in [-0.2, -0.15) is 0 Å². The zero-order valence-electron chi connectivity index (χ0n) is 11.8. The second-order valence-corrected chi connectivity index (χ2v) is 4.85. The maximum atomic E-state index is 12.1. The van der Waals surface area contributed by atoms with Gasteiger partial charge in [0, 0.05) is 30.0 Å². The van der Waals surface area contributed by atoms with Crippen LogP contribution in [-0.2, 0) is 0 Å². The Labute approximate surface area is 123 Å². The number of hydrogen-bond donors (Lipinski definition) is 2. The molecule has 0 aliphatic carbocycles. The normalized spacial score (nSPS) is 11.1. The van der Waals surface area contributed by atoms with E-state index < -0.39 is 0 Å². The van der Waals surface area contributed by atoms with Crippen molar-refractivity contribution in [2.24, 2.45) is 0 Å². The van der Waals surface area contributed by atoms with Crippen LogP contribution in [0.4, 0.5) is 5.69 Å². The second-order valence-electron chi connectivity index (χ2n) is 4.85. The highest BCUT2D eigenvalue weighted by Gasteiger charge is 2.01. The van der Waals surface area contributed by atoms with Crippen molar-refractivity contribution in [2.45, 2.75) is 0 Å². The maximum Gasteiger partial charge on any atom is 0.185 e. The fraction of sp³-hybridized carbons (Fsp3) is 0.0556. The number of ketones is 1. The van der Waals surface area contributed by atoms with E-state index in [0.29, 0.717) is 5.56 Å². The third kappa shape index (κ3) is 2.87. The summed E-state index contributed by atoms with van der Waals surface area (Å²) in [4.78, 5) is 15.3. The molecule has 0 aliphatic rings. The summed E-state index contributed by atoms with van der Waals surface area (Å²) in [6.45, 7) is 0. The molecule has 0 atom stereocenters. The van der Waals surface area contributed by atoms with Gasteiger partial charge < -0.3 is 10.3 Å². The Hall–Kier alpha value is -2.81. The number of nitrogens with one attached hydrogen (secondary N) is 2. The van der Waals surface area contributed by atoms with E-state index in [9.17, 15) is 4.79 Å². The average molecular weight is 276 g/mol. The first kappa shape index (κ1) is 13.2. The molecule has 0 saturated carbocycles. The molecule has 0 fully saturated rings. The van der Waals surface area contributed by atoms with Gasteiger partial charge in [-0.05, 0) is 59.5 Å². The highest BCUT2D eigenvalue weighted by atomic mass is 16.1. The molecular weight excluding hydrogens is 260 g/mol. The number of fused-ring (bicyclic) bond motifs is 1. The molecule has 3 aromatic rings. The van der Waals surface area contributed by atoms with Gasteiger partial charge in [0.25, 0.3) is 0 Å². The quantitative estimate of drug-likeness (QED) is 0.556. The molecule has 21 heavy (non-hydrogen) atoms. The van der Waals surface area contributed by atoms with Crippen molar-refractivity contribution in [3.05, 3.63) is 71.9 Å².